The lowest BCUT2D eigenvalue weighted by molar-refractivity contribution is 0.247. The van der Waals surface area contributed by atoms with Crippen molar-refractivity contribution in [2.45, 2.75) is 33.1 Å². The van der Waals surface area contributed by atoms with Crippen LogP contribution in [0.1, 0.15) is 31.2 Å². The minimum atomic E-state index is 0.747. The first-order chi connectivity index (χ1) is 10.2. The molecule has 3 rings (SSSR count). The lowest BCUT2D eigenvalue weighted by atomic mass is 10.2. The van der Waals surface area contributed by atoms with Gasteiger partial charge in [0, 0.05) is 44.7 Å². The maximum Gasteiger partial charge on any atom is 0.148 e. The van der Waals surface area contributed by atoms with E-state index in [2.05, 4.69) is 27.1 Å². The molecule has 0 bridgehead atoms. The number of nitrogens with zero attached hydrogens (tertiary/aromatic N) is 4. The summed E-state index contributed by atoms with van der Waals surface area (Å²) in [6.07, 6.45) is 3.68. The number of aryl methyl sites for hydroxylation is 1. The Balaban J connectivity index is 1.71. The monoisotopic (exact) mass is 290 g/mol. The second-order valence-corrected chi connectivity index (χ2v) is 6.17. The van der Waals surface area contributed by atoms with Crippen LogP contribution in [0.15, 0.2) is 0 Å². The molecule has 2 fully saturated rings. The summed E-state index contributed by atoms with van der Waals surface area (Å²) in [4.78, 5) is 14.1. The summed E-state index contributed by atoms with van der Waals surface area (Å²) in [6.45, 7) is 9.74. The number of piperazine rings is 1. The van der Waals surface area contributed by atoms with E-state index >= 15 is 0 Å². The maximum absolute atomic E-state index is 5.59. The molecule has 0 radical (unpaired) electrons. The second-order valence-electron chi connectivity index (χ2n) is 6.17. The van der Waals surface area contributed by atoms with Gasteiger partial charge in [0.05, 0.1) is 0 Å². The minimum Gasteiger partial charge on any atom is -0.354 e. The average molecular weight is 290 g/mol. The van der Waals surface area contributed by atoms with Crippen molar-refractivity contribution in [3.8, 4) is 0 Å². The molecule has 2 heterocycles. The van der Waals surface area contributed by atoms with Crippen LogP contribution >= 0.6 is 0 Å². The number of rotatable bonds is 5. The molecule has 2 aliphatic rings. The van der Waals surface area contributed by atoms with Crippen molar-refractivity contribution in [1.29, 1.82) is 0 Å². The largest absolute Gasteiger partial charge is 0.354 e. The molecule has 1 aromatic heterocycles. The fraction of sp³-hybridized carbons (Fsp3) is 0.733. The number of anilines is 2. The highest BCUT2D eigenvalue weighted by atomic mass is 15.3. The van der Waals surface area contributed by atoms with Crippen molar-refractivity contribution in [3.05, 3.63) is 11.4 Å². The van der Waals surface area contributed by atoms with Gasteiger partial charge < -0.3 is 10.3 Å². The summed E-state index contributed by atoms with van der Waals surface area (Å²) in [6, 6.07) is 0. The van der Waals surface area contributed by atoms with Gasteiger partial charge in [0.15, 0.2) is 0 Å². The summed E-state index contributed by atoms with van der Waals surface area (Å²) in [5.74, 6) is 9.20. The number of aromatic nitrogens is 2. The Hall–Kier alpha value is -1.40. The molecular weight excluding hydrogens is 264 g/mol. The van der Waals surface area contributed by atoms with E-state index in [1.54, 1.807) is 0 Å². The van der Waals surface area contributed by atoms with E-state index in [1.165, 1.54) is 19.4 Å². The second kappa shape index (κ2) is 6.15. The third-order valence-corrected chi connectivity index (χ3v) is 4.50. The zero-order valence-electron chi connectivity index (χ0n) is 13.1. The van der Waals surface area contributed by atoms with E-state index in [4.69, 9.17) is 10.8 Å². The molecule has 1 saturated carbocycles. The van der Waals surface area contributed by atoms with Crippen molar-refractivity contribution in [2.75, 3.05) is 43.0 Å². The molecule has 0 amide bonds. The highest BCUT2D eigenvalue weighted by Crippen LogP contribution is 2.30. The Morgan fingerprint density at radius 1 is 1.19 bits per heavy atom. The van der Waals surface area contributed by atoms with Crippen LogP contribution in [0.5, 0.6) is 0 Å². The fourth-order valence-corrected chi connectivity index (χ4v) is 2.96. The summed E-state index contributed by atoms with van der Waals surface area (Å²) < 4.78 is 0. The lowest BCUT2D eigenvalue weighted by Gasteiger charge is -2.36. The first-order valence-electron chi connectivity index (χ1n) is 8.02. The first kappa shape index (κ1) is 14.5. The van der Waals surface area contributed by atoms with Crippen LogP contribution in [-0.2, 0) is 6.42 Å². The number of hydrogen-bond acceptors (Lipinski definition) is 6. The van der Waals surface area contributed by atoms with Gasteiger partial charge in [-0.2, -0.15) is 0 Å². The molecule has 0 spiro atoms. The van der Waals surface area contributed by atoms with E-state index in [-0.39, 0.29) is 0 Å². The number of nitrogens with one attached hydrogen (secondary N) is 1. The Bertz CT molecular complexity index is 491. The van der Waals surface area contributed by atoms with Crippen molar-refractivity contribution in [1.82, 2.24) is 14.9 Å². The SMILES string of the molecule is CCc1nc(NN)c(C)c(N2CCN(CC3CC3)CC2)n1. The quantitative estimate of drug-likeness (QED) is 0.626. The van der Waals surface area contributed by atoms with Crippen LogP contribution in [0.25, 0.3) is 0 Å². The van der Waals surface area contributed by atoms with E-state index in [0.717, 1.165) is 61.5 Å². The van der Waals surface area contributed by atoms with Crippen molar-refractivity contribution in [3.63, 3.8) is 0 Å². The van der Waals surface area contributed by atoms with Gasteiger partial charge >= 0.3 is 0 Å². The van der Waals surface area contributed by atoms with Crippen LogP contribution in [0.4, 0.5) is 11.6 Å². The van der Waals surface area contributed by atoms with Gasteiger partial charge in [0.1, 0.15) is 17.5 Å². The van der Waals surface area contributed by atoms with Crippen molar-refractivity contribution >= 4 is 11.6 Å². The zero-order chi connectivity index (χ0) is 14.8. The Labute approximate surface area is 126 Å². The van der Waals surface area contributed by atoms with Gasteiger partial charge in [-0.15, -0.1) is 0 Å². The highest BCUT2D eigenvalue weighted by Gasteiger charge is 2.27. The third kappa shape index (κ3) is 3.27. The lowest BCUT2D eigenvalue weighted by Crippen LogP contribution is -2.47. The minimum absolute atomic E-state index is 0.747. The van der Waals surface area contributed by atoms with Gasteiger partial charge in [0.2, 0.25) is 0 Å². The molecule has 1 aromatic rings. The maximum atomic E-state index is 5.59. The van der Waals surface area contributed by atoms with Gasteiger partial charge in [-0.25, -0.2) is 15.8 Å². The molecule has 6 heteroatoms. The molecule has 0 aromatic carbocycles. The van der Waals surface area contributed by atoms with Crippen LogP contribution in [0.2, 0.25) is 0 Å². The summed E-state index contributed by atoms with van der Waals surface area (Å²) >= 11 is 0. The Morgan fingerprint density at radius 3 is 2.48 bits per heavy atom. The standard InChI is InChI=1S/C15H26N6/c1-3-13-17-14(19-16)11(2)15(18-13)21-8-6-20(7-9-21)10-12-4-5-12/h12H,3-10,16H2,1-2H3,(H,17,18,19). The summed E-state index contributed by atoms with van der Waals surface area (Å²) in [7, 11) is 0. The molecular formula is C15H26N6. The third-order valence-electron chi connectivity index (χ3n) is 4.50. The molecule has 0 atom stereocenters. The number of nitrogens with two attached hydrogens (primary N) is 1. The fourth-order valence-electron chi connectivity index (χ4n) is 2.96. The van der Waals surface area contributed by atoms with Gasteiger partial charge in [-0.1, -0.05) is 6.92 Å². The Kier molecular flexibility index (Phi) is 4.26. The van der Waals surface area contributed by atoms with Crippen molar-refractivity contribution < 1.29 is 0 Å². The van der Waals surface area contributed by atoms with E-state index in [0.29, 0.717) is 0 Å². The number of nitrogen functional groups attached to an aromatic ring is 1. The molecule has 3 N–H and O–H groups in total. The van der Waals surface area contributed by atoms with E-state index < -0.39 is 0 Å². The zero-order valence-corrected chi connectivity index (χ0v) is 13.1. The number of hydrogen-bond donors (Lipinski definition) is 2. The molecule has 6 nitrogen and oxygen atoms in total. The van der Waals surface area contributed by atoms with E-state index in [1.807, 2.05) is 6.92 Å². The van der Waals surface area contributed by atoms with Gasteiger partial charge in [-0.05, 0) is 25.7 Å². The average Bonchev–Trinajstić information content (AvgIpc) is 3.32. The predicted octanol–water partition coefficient (Wildman–Crippen LogP) is 1.17. The van der Waals surface area contributed by atoms with Gasteiger partial charge in [-0.3, -0.25) is 4.90 Å². The highest BCUT2D eigenvalue weighted by molar-refractivity contribution is 5.58. The van der Waals surface area contributed by atoms with Crippen molar-refractivity contribution in [2.24, 2.45) is 11.8 Å². The van der Waals surface area contributed by atoms with Crippen LogP contribution in [-0.4, -0.2) is 47.6 Å². The summed E-state index contributed by atoms with van der Waals surface area (Å²) in [5, 5.41) is 0. The summed E-state index contributed by atoms with van der Waals surface area (Å²) in [5.41, 5.74) is 3.75. The molecule has 0 unspecified atom stereocenters. The normalized spacial score (nSPS) is 19.9. The van der Waals surface area contributed by atoms with Gasteiger partial charge in [0.25, 0.3) is 0 Å². The van der Waals surface area contributed by atoms with Crippen LogP contribution < -0.4 is 16.2 Å². The van der Waals surface area contributed by atoms with Crippen LogP contribution in [0.3, 0.4) is 0 Å². The topological polar surface area (TPSA) is 70.3 Å². The molecule has 1 aliphatic heterocycles. The first-order valence-corrected chi connectivity index (χ1v) is 8.02. The molecule has 116 valence electrons. The predicted molar refractivity (Wildman–Crippen MR) is 85.3 cm³/mol. The number of hydrazine groups is 1. The van der Waals surface area contributed by atoms with Crippen LogP contribution in [0, 0.1) is 12.8 Å². The molecule has 21 heavy (non-hydrogen) atoms. The molecule has 1 aliphatic carbocycles. The molecule has 1 saturated heterocycles. The smallest absolute Gasteiger partial charge is 0.148 e. The Morgan fingerprint density at radius 2 is 1.90 bits per heavy atom. The van der Waals surface area contributed by atoms with E-state index in [9.17, 15) is 0 Å².